The molecule has 2 nitrogen and oxygen atoms in total. The highest BCUT2D eigenvalue weighted by Crippen LogP contribution is 2.09. The van der Waals surface area contributed by atoms with Gasteiger partial charge in [0.05, 0.1) is 6.42 Å². The molecule has 14 heavy (non-hydrogen) atoms. The lowest BCUT2D eigenvalue weighted by atomic mass is 10.1. The summed E-state index contributed by atoms with van der Waals surface area (Å²) in [6.45, 7) is 1.96. The maximum atomic E-state index is 11.5. The third kappa shape index (κ3) is 3.00. The van der Waals surface area contributed by atoms with Crippen molar-refractivity contribution < 1.29 is 9.59 Å². The Balaban J connectivity index is 2.70. The predicted octanol–water partition coefficient (Wildman–Crippen LogP) is 2.46. The second-order valence-corrected chi connectivity index (χ2v) is 3.91. The number of Topliss-reactive ketones (excluding diaryl/α,β-unsaturated/α-hetero) is 1. The first kappa shape index (κ1) is 11.0. The Morgan fingerprint density at radius 3 is 2.29 bits per heavy atom. The lowest BCUT2D eigenvalue weighted by Crippen LogP contribution is -2.04. The molecule has 1 aromatic rings. The minimum absolute atomic E-state index is 0.00969. The molecule has 0 fully saturated rings. The predicted molar refractivity (Wildman–Crippen MR) is 58.6 cm³/mol. The topological polar surface area (TPSA) is 34.1 Å². The SMILES string of the molecule is CSC(=O)CC(=O)c1ccc(C)cc1. The van der Waals surface area contributed by atoms with Crippen molar-refractivity contribution >= 4 is 22.7 Å². The van der Waals surface area contributed by atoms with E-state index in [2.05, 4.69) is 0 Å². The molecule has 1 rings (SSSR count). The molecule has 74 valence electrons. The molecule has 0 saturated heterocycles. The van der Waals surface area contributed by atoms with Gasteiger partial charge in [-0.1, -0.05) is 41.6 Å². The van der Waals surface area contributed by atoms with E-state index >= 15 is 0 Å². The second kappa shape index (κ2) is 4.96. The van der Waals surface area contributed by atoms with E-state index in [1.807, 2.05) is 19.1 Å². The van der Waals surface area contributed by atoms with Crippen LogP contribution >= 0.6 is 11.8 Å². The van der Waals surface area contributed by atoms with E-state index in [9.17, 15) is 9.59 Å². The van der Waals surface area contributed by atoms with E-state index in [4.69, 9.17) is 0 Å². The fourth-order valence-electron chi connectivity index (χ4n) is 1.04. The Hall–Kier alpha value is -1.09. The smallest absolute Gasteiger partial charge is 0.196 e. The number of carbonyl (C=O) groups excluding carboxylic acids is 2. The average Bonchev–Trinajstić information content (AvgIpc) is 2.18. The molecule has 0 radical (unpaired) electrons. The van der Waals surface area contributed by atoms with Crippen molar-refractivity contribution in [1.82, 2.24) is 0 Å². The van der Waals surface area contributed by atoms with Gasteiger partial charge in [0.15, 0.2) is 10.9 Å². The van der Waals surface area contributed by atoms with Crippen molar-refractivity contribution in [2.75, 3.05) is 6.26 Å². The van der Waals surface area contributed by atoms with E-state index in [-0.39, 0.29) is 17.3 Å². The van der Waals surface area contributed by atoms with Crippen molar-refractivity contribution in [3.05, 3.63) is 35.4 Å². The average molecular weight is 208 g/mol. The highest BCUT2D eigenvalue weighted by Gasteiger charge is 2.10. The summed E-state index contributed by atoms with van der Waals surface area (Å²) in [7, 11) is 0. The zero-order valence-corrected chi connectivity index (χ0v) is 9.06. The lowest BCUT2D eigenvalue weighted by Gasteiger charge is -1.99. The first-order chi connectivity index (χ1) is 6.63. The van der Waals surface area contributed by atoms with Crippen LogP contribution < -0.4 is 0 Å². The van der Waals surface area contributed by atoms with Gasteiger partial charge in [-0.25, -0.2) is 0 Å². The van der Waals surface area contributed by atoms with Gasteiger partial charge in [0.25, 0.3) is 0 Å². The molecule has 0 atom stereocenters. The Morgan fingerprint density at radius 2 is 1.79 bits per heavy atom. The molecular weight excluding hydrogens is 196 g/mol. The van der Waals surface area contributed by atoms with Crippen LogP contribution in [0.4, 0.5) is 0 Å². The van der Waals surface area contributed by atoms with E-state index in [1.54, 1.807) is 18.4 Å². The summed E-state index contributed by atoms with van der Waals surface area (Å²) < 4.78 is 0. The molecule has 0 bridgehead atoms. The van der Waals surface area contributed by atoms with E-state index in [0.29, 0.717) is 5.56 Å². The first-order valence-electron chi connectivity index (χ1n) is 4.30. The molecular formula is C11H12O2S. The molecule has 0 amide bonds. The van der Waals surface area contributed by atoms with Gasteiger partial charge in [-0.15, -0.1) is 0 Å². The number of benzene rings is 1. The molecule has 0 aliphatic carbocycles. The molecule has 0 N–H and O–H groups in total. The van der Waals surface area contributed by atoms with Crippen LogP contribution in [-0.4, -0.2) is 17.2 Å². The third-order valence-electron chi connectivity index (χ3n) is 1.91. The molecule has 0 spiro atoms. The minimum Gasteiger partial charge on any atom is -0.294 e. The summed E-state index contributed by atoms with van der Waals surface area (Å²) in [5, 5.41) is -0.0874. The number of ketones is 1. The zero-order valence-electron chi connectivity index (χ0n) is 8.24. The highest BCUT2D eigenvalue weighted by molar-refractivity contribution is 8.13. The molecule has 1 aromatic carbocycles. The number of rotatable bonds is 3. The van der Waals surface area contributed by atoms with E-state index in [1.165, 1.54) is 0 Å². The third-order valence-corrected chi connectivity index (χ3v) is 2.51. The summed E-state index contributed by atoms with van der Waals surface area (Å²) in [6, 6.07) is 7.25. The number of hydrogen-bond donors (Lipinski definition) is 0. The Labute approximate surface area is 87.7 Å². The maximum absolute atomic E-state index is 11.5. The van der Waals surface area contributed by atoms with Crippen molar-refractivity contribution in [3.8, 4) is 0 Å². The summed E-state index contributed by atoms with van der Waals surface area (Å²) in [4.78, 5) is 22.5. The van der Waals surface area contributed by atoms with Crippen LogP contribution in [-0.2, 0) is 4.79 Å². The summed E-state index contributed by atoms with van der Waals surface area (Å²) in [6.07, 6.45) is 1.68. The van der Waals surface area contributed by atoms with Gasteiger partial charge in [-0.05, 0) is 13.2 Å². The van der Waals surface area contributed by atoms with Crippen LogP contribution in [0.25, 0.3) is 0 Å². The molecule has 0 aliphatic rings. The quantitative estimate of drug-likeness (QED) is 0.565. The van der Waals surface area contributed by atoms with Crippen molar-refractivity contribution in [2.45, 2.75) is 13.3 Å². The molecule has 0 unspecified atom stereocenters. The number of thioether (sulfide) groups is 1. The van der Waals surface area contributed by atoms with E-state index in [0.717, 1.165) is 17.3 Å². The molecule has 0 heterocycles. The van der Waals surface area contributed by atoms with Gasteiger partial charge in [0.1, 0.15) is 0 Å². The van der Waals surface area contributed by atoms with Gasteiger partial charge in [-0.3, -0.25) is 9.59 Å². The van der Waals surface area contributed by atoms with Crippen molar-refractivity contribution in [3.63, 3.8) is 0 Å². The standard InChI is InChI=1S/C11H12O2S/c1-8-3-5-9(6-4-8)10(12)7-11(13)14-2/h3-6H,7H2,1-2H3. The fourth-order valence-corrected chi connectivity index (χ4v) is 1.32. The van der Waals surface area contributed by atoms with Gasteiger partial charge in [-0.2, -0.15) is 0 Å². The van der Waals surface area contributed by atoms with E-state index < -0.39 is 0 Å². The lowest BCUT2D eigenvalue weighted by molar-refractivity contribution is -0.110. The number of hydrogen-bond acceptors (Lipinski definition) is 3. The van der Waals surface area contributed by atoms with Crippen LogP contribution in [0, 0.1) is 6.92 Å². The fraction of sp³-hybridized carbons (Fsp3) is 0.273. The normalized spacial score (nSPS) is 9.86. The van der Waals surface area contributed by atoms with Crippen molar-refractivity contribution in [2.24, 2.45) is 0 Å². The van der Waals surface area contributed by atoms with Crippen LogP contribution in [0.3, 0.4) is 0 Å². The summed E-state index contributed by atoms with van der Waals surface area (Å²) >= 11 is 1.09. The Morgan fingerprint density at radius 1 is 1.21 bits per heavy atom. The zero-order chi connectivity index (χ0) is 10.6. The number of carbonyl (C=O) groups is 2. The first-order valence-corrected chi connectivity index (χ1v) is 5.52. The monoisotopic (exact) mass is 208 g/mol. The Kier molecular flexibility index (Phi) is 3.89. The molecule has 0 saturated carbocycles. The molecule has 0 aromatic heterocycles. The largest absolute Gasteiger partial charge is 0.294 e. The summed E-state index contributed by atoms with van der Waals surface area (Å²) in [5.74, 6) is -0.107. The van der Waals surface area contributed by atoms with Crippen LogP contribution in [0.5, 0.6) is 0 Å². The summed E-state index contributed by atoms with van der Waals surface area (Å²) in [5.41, 5.74) is 1.72. The van der Waals surface area contributed by atoms with Crippen LogP contribution in [0.15, 0.2) is 24.3 Å². The maximum Gasteiger partial charge on any atom is 0.196 e. The Bertz CT molecular complexity index is 341. The van der Waals surface area contributed by atoms with Gasteiger partial charge in [0.2, 0.25) is 0 Å². The van der Waals surface area contributed by atoms with Gasteiger partial charge in [0, 0.05) is 5.56 Å². The van der Waals surface area contributed by atoms with Crippen molar-refractivity contribution in [1.29, 1.82) is 0 Å². The molecule has 3 heteroatoms. The van der Waals surface area contributed by atoms with Crippen LogP contribution in [0.2, 0.25) is 0 Å². The highest BCUT2D eigenvalue weighted by atomic mass is 32.2. The van der Waals surface area contributed by atoms with Crippen LogP contribution in [0.1, 0.15) is 22.3 Å². The second-order valence-electron chi connectivity index (χ2n) is 3.04. The minimum atomic E-state index is -0.107. The number of aryl methyl sites for hydroxylation is 1. The van der Waals surface area contributed by atoms with Gasteiger partial charge >= 0.3 is 0 Å². The van der Waals surface area contributed by atoms with Gasteiger partial charge < -0.3 is 0 Å². The molecule has 0 aliphatic heterocycles.